The van der Waals surface area contributed by atoms with E-state index in [2.05, 4.69) is 47.1 Å². The molecule has 27 heavy (non-hydrogen) atoms. The molecule has 1 aliphatic heterocycles. The average molecular weight is 378 g/mol. The van der Waals surface area contributed by atoms with Gasteiger partial charge in [0.05, 0.1) is 18.0 Å². The number of benzene rings is 2. The first-order chi connectivity index (χ1) is 13.2. The first-order valence-electron chi connectivity index (χ1n) is 9.50. The number of rotatable bonds is 5. The molecule has 4 rings (SSSR count). The van der Waals surface area contributed by atoms with Crippen LogP contribution in [0, 0.1) is 6.92 Å². The number of aryl methyl sites for hydroxylation is 1. The van der Waals surface area contributed by atoms with Gasteiger partial charge in [-0.05, 0) is 36.1 Å². The molecular weight excluding hydrogens is 352 g/mol. The summed E-state index contributed by atoms with van der Waals surface area (Å²) in [5.74, 6) is 0.0112. The monoisotopic (exact) mass is 377 g/mol. The van der Waals surface area contributed by atoms with Crippen LogP contribution in [0.2, 0.25) is 0 Å². The summed E-state index contributed by atoms with van der Waals surface area (Å²) in [5.41, 5.74) is 4.75. The number of quaternary nitrogens is 1. The Morgan fingerprint density at radius 1 is 1.11 bits per heavy atom. The number of nitrogens with one attached hydrogen (secondary N) is 2. The normalized spacial score (nSPS) is 17.1. The van der Waals surface area contributed by atoms with E-state index in [-0.39, 0.29) is 11.9 Å². The van der Waals surface area contributed by atoms with Gasteiger partial charge in [0, 0.05) is 17.5 Å². The lowest BCUT2D eigenvalue weighted by Gasteiger charge is -2.32. The van der Waals surface area contributed by atoms with Crippen molar-refractivity contribution in [3.63, 3.8) is 0 Å². The molecule has 0 bridgehead atoms. The van der Waals surface area contributed by atoms with Gasteiger partial charge in [0.15, 0.2) is 0 Å². The third-order valence-corrected chi connectivity index (χ3v) is 6.36. The van der Waals surface area contributed by atoms with Crippen LogP contribution in [0.1, 0.15) is 38.0 Å². The van der Waals surface area contributed by atoms with Gasteiger partial charge >= 0.3 is 0 Å². The molecule has 0 aliphatic carbocycles. The maximum atomic E-state index is 12.6. The second-order valence-electron chi connectivity index (χ2n) is 7.25. The molecular formula is C23H25N2OS+. The maximum absolute atomic E-state index is 12.6. The number of thiophene rings is 1. The number of carbonyl (C=O) groups is 1. The third kappa shape index (κ3) is 4.12. The zero-order valence-electron chi connectivity index (χ0n) is 15.6. The lowest BCUT2D eigenvalue weighted by atomic mass is 9.98. The van der Waals surface area contributed by atoms with E-state index >= 15 is 0 Å². The fourth-order valence-corrected chi connectivity index (χ4v) is 4.80. The maximum Gasteiger partial charge on any atom is 0.251 e. The van der Waals surface area contributed by atoms with E-state index in [1.54, 1.807) is 11.3 Å². The minimum atomic E-state index is 0.0112. The predicted molar refractivity (Wildman–Crippen MR) is 110 cm³/mol. The molecule has 0 saturated carbocycles. The highest BCUT2D eigenvalue weighted by Gasteiger charge is 2.29. The molecule has 2 N–H and O–H groups in total. The summed E-state index contributed by atoms with van der Waals surface area (Å²) in [4.78, 5) is 15.5. The van der Waals surface area contributed by atoms with Crippen molar-refractivity contribution in [1.29, 1.82) is 0 Å². The number of carbonyl (C=O) groups excluding carboxylic acids is 1. The molecule has 1 amide bonds. The summed E-state index contributed by atoms with van der Waals surface area (Å²) < 4.78 is 0. The number of amides is 1. The highest BCUT2D eigenvalue weighted by Crippen LogP contribution is 2.19. The summed E-state index contributed by atoms with van der Waals surface area (Å²) in [5, 5.41) is 5.31. The van der Waals surface area contributed by atoms with Gasteiger partial charge in [-0.3, -0.25) is 4.79 Å². The highest BCUT2D eigenvalue weighted by atomic mass is 32.1. The van der Waals surface area contributed by atoms with Crippen LogP contribution in [-0.4, -0.2) is 19.0 Å². The van der Waals surface area contributed by atoms with Crippen LogP contribution in [0.4, 0.5) is 0 Å². The van der Waals surface area contributed by atoms with Gasteiger partial charge in [-0.1, -0.05) is 48.0 Å². The smallest absolute Gasteiger partial charge is 0.251 e. The quantitative estimate of drug-likeness (QED) is 0.704. The topological polar surface area (TPSA) is 33.5 Å². The molecule has 1 aliphatic rings. The van der Waals surface area contributed by atoms with E-state index < -0.39 is 0 Å². The zero-order valence-corrected chi connectivity index (χ0v) is 16.4. The summed E-state index contributed by atoms with van der Waals surface area (Å²) in [6.45, 7) is 4.78. The summed E-state index contributed by atoms with van der Waals surface area (Å²) >= 11 is 1.78. The molecule has 0 fully saturated rings. The lowest BCUT2D eigenvalue weighted by molar-refractivity contribution is -0.945. The lowest BCUT2D eigenvalue weighted by Crippen LogP contribution is -3.12. The zero-order chi connectivity index (χ0) is 18.6. The van der Waals surface area contributed by atoms with Crippen LogP contribution in [0.5, 0.6) is 0 Å². The van der Waals surface area contributed by atoms with Gasteiger partial charge in [0.25, 0.3) is 5.91 Å². The van der Waals surface area contributed by atoms with E-state index in [0.717, 1.165) is 30.6 Å². The molecule has 0 spiro atoms. The molecule has 2 heterocycles. The largest absolute Gasteiger partial charge is 0.346 e. The van der Waals surface area contributed by atoms with Crippen LogP contribution >= 0.6 is 11.3 Å². The Bertz CT molecular complexity index is 920. The van der Waals surface area contributed by atoms with Crippen molar-refractivity contribution in [2.45, 2.75) is 25.9 Å². The average Bonchev–Trinajstić information content (AvgIpc) is 3.22. The first-order valence-corrected chi connectivity index (χ1v) is 10.4. The molecule has 4 heteroatoms. The minimum Gasteiger partial charge on any atom is -0.346 e. The van der Waals surface area contributed by atoms with Gasteiger partial charge < -0.3 is 10.2 Å². The van der Waals surface area contributed by atoms with Gasteiger partial charge in [-0.25, -0.2) is 0 Å². The SMILES string of the molecule is Cc1cccc(C(=O)NC[C@H](c2cccs2)[NH+]2CCc3ccccc3C2)c1. The van der Waals surface area contributed by atoms with Crippen molar-refractivity contribution in [3.8, 4) is 0 Å². The van der Waals surface area contributed by atoms with Crippen molar-refractivity contribution in [1.82, 2.24) is 5.32 Å². The van der Waals surface area contributed by atoms with Crippen LogP contribution in [0.25, 0.3) is 0 Å². The van der Waals surface area contributed by atoms with Crippen molar-refractivity contribution in [2.75, 3.05) is 13.1 Å². The van der Waals surface area contributed by atoms with E-state index in [4.69, 9.17) is 0 Å². The van der Waals surface area contributed by atoms with E-state index in [9.17, 15) is 4.79 Å². The molecule has 3 nitrogen and oxygen atoms in total. The molecule has 0 radical (unpaired) electrons. The summed E-state index contributed by atoms with van der Waals surface area (Å²) in [6.07, 6.45) is 1.10. The molecule has 3 aromatic rings. The Balaban J connectivity index is 1.50. The molecule has 138 valence electrons. The first kappa shape index (κ1) is 18.0. The summed E-state index contributed by atoms with van der Waals surface area (Å²) in [6, 6.07) is 21.1. The minimum absolute atomic E-state index is 0.0112. The van der Waals surface area contributed by atoms with E-state index in [1.165, 1.54) is 20.9 Å². The number of hydrogen-bond acceptors (Lipinski definition) is 2. The van der Waals surface area contributed by atoms with E-state index in [0.29, 0.717) is 6.54 Å². The molecule has 1 aromatic heterocycles. The number of fused-ring (bicyclic) bond motifs is 1. The fourth-order valence-electron chi connectivity index (χ4n) is 3.92. The Morgan fingerprint density at radius 3 is 2.74 bits per heavy atom. The Hall–Kier alpha value is -2.43. The third-order valence-electron chi connectivity index (χ3n) is 5.38. The number of hydrogen-bond donors (Lipinski definition) is 2. The van der Waals surface area contributed by atoms with Crippen LogP contribution in [0.15, 0.2) is 66.0 Å². The van der Waals surface area contributed by atoms with Crippen LogP contribution in [-0.2, 0) is 13.0 Å². The van der Waals surface area contributed by atoms with Gasteiger partial charge in [-0.2, -0.15) is 0 Å². The summed E-state index contributed by atoms with van der Waals surface area (Å²) in [7, 11) is 0. The molecule has 2 atom stereocenters. The van der Waals surface area contributed by atoms with Crippen molar-refractivity contribution in [3.05, 3.63) is 93.2 Å². The molecule has 1 unspecified atom stereocenters. The van der Waals surface area contributed by atoms with Crippen molar-refractivity contribution < 1.29 is 9.69 Å². The Morgan fingerprint density at radius 2 is 1.96 bits per heavy atom. The van der Waals surface area contributed by atoms with Crippen molar-refractivity contribution >= 4 is 17.2 Å². The van der Waals surface area contributed by atoms with Gasteiger partial charge in [-0.15, -0.1) is 11.3 Å². The Labute approximate surface area is 164 Å². The van der Waals surface area contributed by atoms with Crippen LogP contribution in [0.3, 0.4) is 0 Å². The predicted octanol–water partition coefficient (Wildman–Crippen LogP) is 3.17. The Kier molecular flexibility index (Phi) is 5.37. The molecule has 2 aromatic carbocycles. The second-order valence-corrected chi connectivity index (χ2v) is 8.23. The van der Waals surface area contributed by atoms with E-state index in [1.807, 2.05) is 31.2 Å². The second kappa shape index (κ2) is 8.07. The van der Waals surface area contributed by atoms with Gasteiger partial charge in [0.1, 0.15) is 12.6 Å². The molecule has 0 saturated heterocycles. The fraction of sp³-hybridized carbons (Fsp3) is 0.261. The highest BCUT2D eigenvalue weighted by molar-refractivity contribution is 7.10. The standard InChI is InChI=1S/C23H24N2OS/c1-17-6-4-9-19(14-17)23(26)24-15-21(22-10-5-13-27-22)25-12-11-18-7-2-3-8-20(18)16-25/h2-10,13-14,21H,11-12,15-16H2,1H3,(H,24,26)/p+1/t21-/m1/s1. The van der Waals surface area contributed by atoms with Gasteiger partial charge in [0.2, 0.25) is 0 Å². The van der Waals surface area contributed by atoms with Crippen molar-refractivity contribution in [2.24, 2.45) is 0 Å². The van der Waals surface area contributed by atoms with Crippen LogP contribution < -0.4 is 10.2 Å².